The van der Waals surface area contributed by atoms with Gasteiger partial charge in [0.2, 0.25) is 5.91 Å². The molecule has 0 saturated carbocycles. The van der Waals surface area contributed by atoms with Gasteiger partial charge in [0.15, 0.2) is 0 Å². The van der Waals surface area contributed by atoms with Crippen LogP contribution in [0.5, 0.6) is 0 Å². The first kappa shape index (κ1) is 16.3. The molecule has 3 rings (SSSR count). The Labute approximate surface area is 140 Å². The van der Waals surface area contributed by atoms with Gasteiger partial charge in [0.05, 0.1) is 0 Å². The van der Waals surface area contributed by atoms with Crippen LogP contribution in [0.1, 0.15) is 32.1 Å². The van der Waals surface area contributed by atoms with Crippen LogP contribution in [-0.4, -0.2) is 61.5 Å². The number of hydrogen-bond acceptors (Lipinski definition) is 3. The Balaban J connectivity index is 1.39. The molecule has 4 nitrogen and oxygen atoms in total. The van der Waals surface area contributed by atoms with Crippen LogP contribution in [0.2, 0.25) is 0 Å². The molecule has 2 heterocycles. The van der Waals surface area contributed by atoms with E-state index < -0.39 is 0 Å². The lowest BCUT2D eigenvalue weighted by Crippen LogP contribution is -2.47. The number of rotatable bonds is 4. The van der Waals surface area contributed by atoms with E-state index in [9.17, 15) is 4.79 Å². The highest BCUT2D eigenvalue weighted by molar-refractivity contribution is 5.76. The van der Waals surface area contributed by atoms with Crippen LogP contribution in [0.15, 0.2) is 30.3 Å². The highest BCUT2D eigenvalue weighted by Crippen LogP contribution is 2.16. The van der Waals surface area contributed by atoms with Gasteiger partial charge in [-0.2, -0.15) is 0 Å². The number of anilines is 1. The topological polar surface area (TPSA) is 26.8 Å². The summed E-state index contributed by atoms with van der Waals surface area (Å²) in [5, 5.41) is 0. The Hall–Kier alpha value is -1.55. The second-order valence-corrected chi connectivity index (χ2v) is 6.71. The van der Waals surface area contributed by atoms with E-state index in [0.29, 0.717) is 12.3 Å². The number of amides is 1. The number of para-hydroxylation sites is 1. The molecule has 4 heteroatoms. The van der Waals surface area contributed by atoms with Gasteiger partial charge in [-0.1, -0.05) is 31.0 Å². The predicted octanol–water partition coefficient (Wildman–Crippen LogP) is 2.60. The molecule has 1 aromatic carbocycles. The zero-order valence-electron chi connectivity index (χ0n) is 14.1. The smallest absolute Gasteiger partial charge is 0.223 e. The van der Waals surface area contributed by atoms with Gasteiger partial charge in [0, 0.05) is 57.9 Å². The van der Waals surface area contributed by atoms with Crippen molar-refractivity contribution in [1.82, 2.24) is 9.80 Å². The van der Waals surface area contributed by atoms with Crippen molar-refractivity contribution in [3.8, 4) is 0 Å². The molecule has 2 aliphatic rings. The lowest BCUT2D eigenvalue weighted by molar-refractivity contribution is -0.131. The van der Waals surface area contributed by atoms with Crippen molar-refractivity contribution in [3.05, 3.63) is 30.3 Å². The molecule has 0 aromatic heterocycles. The fourth-order valence-corrected chi connectivity index (χ4v) is 3.60. The van der Waals surface area contributed by atoms with E-state index in [4.69, 9.17) is 0 Å². The first-order valence-electron chi connectivity index (χ1n) is 9.13. The largest absolute Gasteiger partial charge is 0.369 e. The third-order valence-corrected chi connectivity index (χ3v) is 5.09. The van der Waals surface area contributed by atoms with Crippen molar-refractivity contribution in [2.75, 3.05) is 50.7 Å². The first-order valence-corrected chi connectivity index (χ1v) is 9.13. The summed E-state index contributed by atoms with van der Waals surface area (Å²) in [5.41, 5.74) is 1.31. The highest BCUT2D eigenvalue weighted by atomic mass is 16.2. The predicted molar refractivity (Wildman–Crippen MR) is 94.8 cm³/mol. The molecular formula is C19H29N3O. The molecule has 0 spiro atoms. The van der Waals surface area contributed by atoms with Gasteiger partial charge >= 0.3 is 0 Å². The van der Waals surface area contributed by atoms with Crippen molar-refractivity contribution in [2.24, 2.45) is 0 Å². The quantitative estimate of drug-likeness (QED) is 0.854. The van der Waals surface area contributed by atoms with Crippen molar-refractivity contribution < 1.29 is 4.79 Å². The van der Waals surface area contributed by atoms with Gasteiger partial charge < -0.3 is 9.80 Å². The van der Waals surface area contributed by atoms with Gasteiger partial charge in [0.25, 0.3) is 0 Å². The van der Waals surface area contributed by atoms with Crippen LogP contribution in [0.3, 0.4) is 0 Å². The zero-order valence-corrected chi connectivity index (χ0v) is 14.1. The van der Waals surface area contributed by atoms with Crippen LogP contribution < -0.4 is 4.90 Å². The zero-order chi connectivity index (χ0) is 15.9. The molecule has 1 amide bonds. The number of carbonyl (C=O) groups is 1. The average Bonchev–Trinajstić information content (AvgIpc) is 2.90. The van der Waals surface area contributed by atoms with Crippen molar-refractivity contribution in [3.63, 3.8) is 0 Å². The van der Waals surface area contributed by atoms with Crippen LogP contribution in [-0.2, 0) is 4.79 Å². The third-order valence-electron chi connectivity index (χ3n) is 5.09. The van der Waals surface area contributed by atoms with E-state index in [-0.39, 0.29) is 0 Å². The standard InChI is InChI=1S/C19H29N3O/c23-19(22-11-6-1-2-7-12-22)10-13-20-14-16-21(17-15-20)18-8-4-3-5-9-18/h3-5,8-9H,1-2,6-7,10-17H2. The number of likely N-dealkylation sites (tertiary alicyclic amines) is 1. The summed E-state index contributed by atoms with van der Waals surface area (Å²) in [6, 6.07) is 10.6. The number of nitrogens with zero attached hydrogens (tertiary/aromatic N) is 3. The minimum absolute atomic E-state index is 0.359. The lowest BCUT2D eigenvalue weighted by atomic mass is 10.2. The van der Waals surface area contributed by atoms with E-state index in [1.807, 2.05) is 0 Å². The van der Waals surface area contributed by atoms with E-state index in [2.05, 4.69) is 45.0 Å². The van der Waals surface area contributed by atoms with Gasteiger partial charge in [-0.15, -0.1) is 0 Å². The van der Waals surface area contributed by atoms with E-state index >= 15 is 0 Å². The molecule has 0 aliphatic carbocycles. The summed E-state index contributed by atoms with van der Waals surface area (Å²) in [7, 11) is 0. The van der Waals surface area contributed by atoms with Gasteiger partial charge in [-0.05, 0) is 25.0 Å². The molecule has 0 atom stereocenters. The minimum atomic E-state index is 0.359. The minimum Gasteiger partial charge on any atom is -0.369 e. The Bertz CT molecular complexity index is 475. The second kappa shape index (κ2) is 8.34. The molecule has 2 fully saturated rings. The molecule has 2 saturated heterocycles. The van der Waals surface area contributed by atoms with E-state index in [0.717, 1.165) is 45.8 Å². The summed E-state index contributed by atoms with van der Waals surface area (Å²) in [5.74, 6) is 0.359. The lowest BCUT2D eigenvalue weighted by Gasteiger charge is -2.36. The van der Waals surface area contributed by atoms with Crippen LogP contribution in [0.25, 0.3) is 0 Å². The van der Waals surface area contributed by atoms with Crippen molar-refractivity contribution in [2.45, 2.75) is 32.1 Å². The van der Waals surface area contributed by atoms with E-state index in [1.54, 1.807) is 0 Å². The Morgan fingerprint density at radius 2 is 1.48 bits per heavy atom. The average molecular weight is 315 g/mol. The van der Waals surface area contributed by atoms with Gasteiger partial charge in [-0.3, -0.25) is 9.69 Å². The normalized spacial score (nSPS) is 20.3. The molecule has 0 radical (unpaired) electrons. The maximum atomic E-state index is 12.4. The number of piperazine rings is 1. The molecular weight excluding hydrogens is 286 g/mol. The summed E-state index contributed by atoms with van der Waals surface area (Å²) in [6.07, 6.45) is 5.62. The Morgan fingerprint density at radius 3 is 2.13 bits per heavy atom. The maximum Gasteiger partial charge on any atom is 0.223 e. The number of carbonyl (C=O) groups excluding carboxylic acids is 1. The molecule has 0 N–H and O–H groups in total. The monoisotopic (exact) mass is 315 g/mol. The molecule has 0 unspecified atom stereocenters. The van der Waals surface area contributed by atoms with Crippen LogP contribution in [0, 0.1) is 0 Å². The van der Waals surface area contributed by atoms with Crippen LogP contribution >= 0.6 is 0 Å². The van der Waals surface area contributed by atoms with Gasteiger partial charge in [0.1, 0.15) is 0 Å². The highest BCUT2D eigenvalue weighted by Gasteiger charge is 2.20. The molecule has 2 aliphatic heterocycles. The van der Waals surface area contributed by atoms with E-state index in [1.165, 1.54) is 31.4 Å². The SMILES string of the molecule is O=C(CCN1CCN(c2ccccc2)CC1)N1CCCCCC1. The fourth-order valence-electron chi connectivity index (χ4n) is 3.60. The maximum absolute atomic E-state index is 12.4. The fraction of sp³-hybridized carbons (Fsp3) is 0.632. The first-order chi connectivity index (χ1) is 11.3. The third kappa shape index (κ3) is 4.71. The molecule has 23 heavy (non-hydrogen) atoms. The molecule has 0 bridgehead atoms. The van der Waals surface area contributed by atoms with Gasteiger partial charge in [-0.25, -0.2) is 0 Å². The van der Waals surface area contributed by atoms with Crippen molar-refractivity contribution in [1.29, 1.82) is 0 Å². The summed E-state index contributed by atoms with van der Waals surface area (Å²) in [4.78, 5) is 19.3. The summed E-state index contributed by atoms with van der Waals surface area (Å²) >= 11 is 0. The number of hydrogen-bond donors (Lipinski definition) is 0. The summed E-state index contributed by atoms with van der Waals surface area (Å²) in [6.45, 7) is 7.09. The molecule has 126 valence electrons. The Morgan fingerprint density at radius 1 is 0.826 bits per heavy atom. The number of benzene rings is 1. The summed E-state index contributed by atoms with van der Waals surface area (Å²) < 4.78 is 0. The Kier molecular flexibility index (Phi) is 5.92. The molecule has 1 aromatic rings. The second-order valence-electron chi connectivity index (χ2n) is 6.71. The van der Waals surface area contributed by atoms with Crippen molar-refractivity contribution >= 4 is 11.6 Å². The van der Waals surface area contributed by atoms with Crippen LogP contribution in [0.4, 0.5) is 5.69 Å².